The van der Waals surface area contributed by atoms with E-state index in [0.29, 0.717) is 13.0 Å². The van der Waals surface area contributed by atoms with E-state index in [1.807, 2.05) is 43.5 Å². The molecule has 0 saturated carbocycles. The van der Waals surface area contributed by atoms with Crippen molar-refractivity contribution in [1.29, 1.82) is 0 Å². The monoisotopic (exact) mass is 375 g/mol. The van der Waals surface area contributed by atoms with E-state index in [0.717, 1.165) is 16.8 Å². The summed E-state index contributed by atoms with van der Waals surface area (Å²) >= 11 is 0. The molecule has 1 unspecified atom stereocenters. The van der Waals surface area contributed by atoms with E-state index in [1.54, 1.807) is 12.5 Å². The summed E-state index contributed by atoms with van der Waals surface area (Å²) < 4.78 is 1.93. The first-order chi connectivity index (χ1) is 12.8. The van der Waals surface area contributed by atoms with Gasteiger partial charge in [0.15, 0.2) is 6.29 Å². The number of hydrogen-bond acceptors (Lipinski definition) is 5. The number of aliphatic carboxylic acids is 1. The predicted octanol–water partition coefficient (Wildman–Crippen LogP) is 1.55. The number of nitrogens with zero attached hydrogens (tertiary/aromatic N) is 2. The first-order valence-electron chi connectivity index (χ1n) is 9.15. The minimum atomic E-state index is -1.68. The lowest BCUT2D eigenvalue weighted by Gasteiger charge is -2.26. The molecular formula is C20H29N3O4. The fraction of sp³-hybridized carbons (Fsp3) is 0.500. The van der Waals surface area contributed by atoms with E-state index in [4.69, 9.17) is 0 Å². The van der Waals surface area contributed by atoms with Gasteiger partial charge in [0, 0.05) is 24.9 Å². The fourth-order valence-electron chi connectivity index (χ4n) is 3.11. The van der Waals surface area contributed by atoms with E-state index >= 15 is 0 Å². The highest BCUT2D eigenvalue weighted by Crippen LogP contribution is 2.13. The molecule has 0 amide bonds. The topological polar surface area (TPSA) is 108 Å². The lowest BCUT2D eigenvalue weighted by molar-refractivity contribution is -0.141. The molecule has 1 heterocycles. The van der Waals surface area contributed by atoms with E-state index in [1.165, 1.54) is 0 Å². The van der Waals surface area contributed by atoms with Crippen LogP contribution in [-0.2, 0) is 17.8 Å². The number of aromatic nitrogens is 2. The third kappa shape index (κ3) is 6.46. The Kier molecular flexibility index (Phi) is 7.53. The Bertz CT molecular complexity index is 742. The van der Waals surface area contributed by atoms with Gasteiger partial charge in [0.1, 0.15) is 6.04 Å². The highest BCUT2D eigenvalue weighted by Gasteiger charge is 2.27. The average Bonchev–Trinajstić information content (AvgIpc) is 2.99. The molecule has 0 bridgehead atoms. The molecule has 0 saturated heterocycles. The van der Waals surface area contributed by atoms with E-state index in [-0.39, 0.29) is 12.3 Å². The van der Waals surface area contributed by atoms with Crippen molar-refractivity contribution in [2.75, 3.05) is 0 Å². The number of aliphatic hydroxyl groups excluding tert-OH is 1. The van der Waals surface area contributed by atoms with Crippen molar-refractivity contribution in [3.63, 3.8) is 0 Å². The Morgan fingerprint density at radius 2 is 2.04 bits per heavy atom. The zero-order chi connectivity index (χ0) is 20.0. The summed E-state index contributed by atoms with van der Waals surface area (Å²) in [6.45, 7) is 6.50. The maximum atomic E-state index is 11.5. The van der Waals surface area contributed by atoms with E-state index in [9.17, 15) is 20.1 Å². The number of imidazole rings is 1. The average molecular weight is 375 g/mol. The second-order valence-corrected chi connectivity index (χ2v) is 7.41. The second kappa shape index (κ2) is 9.64. The van der Waals surface area contributed by atoms with Crippen LogP contribution in [0.4, 0.5) is 0 Å². The molecule has 148 valence electrons. The Morgan fingerprint density at radius 3 is 2.63 bits per heavy atom. The van der Waals surface area contributed by atoms with Gasteiger partial charge in [-0.3, -0.25) is 10.1 Å². The Labute approximate surface area is 159 Å². The fourth-order valence-corrected chi connectivity index (χ4v) is 3.11. The van der Waals surface area contributed by atoms with Crippen LogP contribution in [0.5, 0.6) is 0 Å². The van der Waals surface area contributed by atoms with Crippen molar-refractivity contribution in [2.45, 2.75) is 58.5 Å². The van der Waals surface area contributed by atoms with Crippen LogP contribution in [0.15, 0.2) is 36.8 Å². The van der Waals surface area contributed by atoms with Gasteiger partial charge in [-0.1, -0.05) is 43.7 Å². The third-order valence-corrected chi connectivity index (χ3v) is 4.44. The van der Waals surface area contributed by atoms with Crippen LogP contribution >= 0.6 is 0 Å². The standard InChI is InChI=1S/C20H29N3O4/c1-13(2)7-17(19(24)25)22-18(20(26)27)9-16-10-21-12-23(16)11-15-6-4-5-14(3)8-15/h4-6,8,10,12-13,17-18,20,22,26-27H,7,9,11H2,1-3H3,(H,24,25)/t17?,18-/m0/s1. The molecule has 0 aliphatic carbocycles. The molecule has 7 nitrogen and oxygen atoms in total. The van der Waals surface area contributed by atoms with Crippen LogP contribution in [0.1, 0.15) is 37.1 Å². The quantitative estimate of drug-likeness (QED) is 0.469. The molecule has 0 aliphatic heterocycles. The first-order valence-corrected chi connectivity index (χ1v) is 9.15. The smallest absolute Gasteiger partial charge is 0.320 e. The minimum absolute atomic E-state index is 0.168. The van der Waals surface area contributed by atoms with Crippen LogP contribution in [-0.4, -0.2) is 49.2 Å². The number of carboxylic acids is 1. The Balaban J connectivity index is 2.12. The number of hydrogen-bond donors (Lipinski definition) is 4. The molecule has 1 aromatic carbocycles. The SMILES string of the molecule is Cc1cccc(Cn2cncc2C[C@H](NC(CC(C)C)C(=O)O)C(O)O)c1. The van der Waals surface area contributed by atoms with Crippen LogP contribution in [0.3, 0.4) is 0 Å². The van der Waals surface area contributed by atoms with Crippen molar-refractivity contribution in [3.05, 3.63) is 53.6 Å². The predicted molar refractivity (Wildman–Crippen MR) is 102 cm³/mol. The highest BCUT2D eigenvalue weighted by atomic mass is 16.5. The number of aliphatic hydroxyl groups is 2. The summed E-state index contributed by atoms with van der Waals surface area (Å²) in [6, 6.07) is 6.48. The number of aryl methyl sites for hydroxylation is 1. The molecule has 1 aromatic heterocycles. The van der Waals surface area contributed by atoms with Crippen molar-refractivity contribution in [3.8, 4) is 0 Å². The summed E-state index contributed by atoms with van der Waals surface area (Å²) in [4.78, 5) is 15.7. The molecule has 0 aliphatic rings. The molecule has 2 rings (SSSR count). The van der Waals surface area contributed by atoms with Gasteiger partial charge in [-0.05, 0) is 24.8 Å². The van der Waals surface area contributed by atoms with Crippen molar-refractivity contribution < 1.29 is 20.1 Å². The van der Waals surface area contributed by atoms with Gasteiger partial charge in [0.2, 0.25) is 0 Å². The van der Waals surface area contributed by atoms with Gasteiger partial charge >= 0.3 is 5.97 Å². The van der Waals surface area contributed by atoms with E-state index < -0.39 is 24.3 Å². The van der Waals surface area contributed by atoms with Gasteiger partial charge < -0.3 is 19.9 Å². The molecular weight excluding hydrogens is 346 g/mol. The van der Waals surface area contributed by atoms with Crippen LogP contribution in [0, 0.1) is 12.8 Å². The molecule has 27 heavy (non-hydrogen) atoms. The summed E-state index contributed by atoms with van der Waals surface area (Å²) in [5.74, 6) is -0.829. The molecule has 7 heteroatoms. The van der Waals surface area contributed by atoms with Crippen LogP contribution < -0.4 is 5.32 Å². The molecule has 0 radical (unpaired) electrons. The maximum Gasteiger partial charge on any atom is 0.320 e. The molecule has 2 aromatic rings. The summed E-state index contributed by atoms with van der Waals surface area (Å²) in [5.41, 5.74) is 3.08. The minimum Gasteiger partial charge on any atom is -0.480 e. The number of nitrogens with one attached hydrogen (secondary N) is 1. The lowest BCUT2D eigenvalue weighted by atomic mass is 10.0. The Hall–Kier alpha value is -2.22. The van der Waals surface area contributed by atoms with Crippen LogP contribution in [0.2, 0.25) is 0 Å². The van der Waals surface area contributed by atoms with Crippen molar-refractivity contribution in [1.82, 2.24) is 14.9 Å². The molecule has 4 N–H and O–H groups in total. The second-order valence-electron chi connectivity index (χ2n) is 7.41. The first kappa shape index (κ1) is 21.1. The third-order valence-electron chi connectivity index (χ3n) is 4.44. The zero-order valence-electron chi connectivity index (χ0n) is 16.0. The molecule has 0 fully saturated rings. The normalized spacial score (nSPS) is 13.9. The van der Waals surface area contributed by atoms with Crippen molar-refractivity contribution >= 4 is 5.97 Å². The van der Waals surface area contributed by atoms with E-state index in [2.05, 4.69) is 16.4 Å². The van der Waals surface area contributed by atoms with Gasteiger partial charge in [-0.2, -0.15) is 0 Å². The van der Waals surface area contributed by atoms with Gasteiger partial charge in [0.25, 0.3) is 0 Å². The van der Waals surface area contributed by atoms with Gasteiger partial charge in [-0.15, -0.1) is 0 Å². The summed E-state index contributed by atoms with van der Waals surface area (Å²) in [7, 11) is 0. The van der Waals surface area contributed by atoms with Crippen LogP contribution in [0.25, 0.3) is 0 Å². The number of carboxylic acid groups (broad SMARTS) is 1. The zero-order valence-corrected chi connectivity index (χ0v) is 16.0. The number of carbonyl (C=O) groups is 1. The summed E-state index contributed by atoms with van der Waals surface area (Å²) in [6.07, 6.45) is 2.35. The Morgan fingerprint density at radius 1 is 1.30 bits per heavy atom. The number of rotatable bonds is 10. The maximum absolute atomic E-state index is 11.5. The van der Waals surface area contributed by atoms with Crippen molar-refractivity contribution in [2.24, 2.45) is 5.92 Å². The van der Waals surface area contributed by atoms with Gasteiger partial charge in [-0.25, -0.2) is 4.98 Å². The largest absolute Gasteiger partial charge is 0.480 e. The number of benzene rings is 1. The van der Waals surface area contributed by atoms with Gasteiger partial charge in [0.05, 0.1) is 12.4 Å². The lowest BCUT2D eigenvalue weighted by Crippen LogP contribution is -2.50. The highest BCUT2D eigenvalue weighted by molar-refractivity contribution is 5.73. The summed E-state index contributed by atoms with van der Waals surface area (Å²) in [5, 5.41) is 31.8. The molecule has 2 atom stereocenters. The molecule has 0 spiro atoms.